The van der Waals surface area contributed by atoms with Crippen LogP contribution in [0.3, 0.4) is 0 Å². The summed E-state index contributed by atoms with van der Waals surface area (Å²) in [6.45, 7) is 15.0. The number of aromatic nitrogens is 2. The standard InChI is InChI=1S/C14H25BrN4/c1-6-19-12(13(15)11(3)17-19)8-18-7-10(2)16-9-14(18,4)5/h10,16H,6-9H2,1-5H3. The van der Waals surface area contributed by atoms with Crippen molar-refractivity contribution in [2.45, 2.75) is 59.3 Å². The highest BCUT2D eigenvalue weighted by Gasteiger charge is 2.33. The van der Waals surface area contributed by atoms with E-state index in [9.17, 15) is 0 Å². The Labute approximate surface area is 124 Å². The second kappa shape index (κ2) is 5.54. The molecule has 19 heavy (non-hydrogen) atoms. The van der Waals surface area contributed by atoms with Gasteiger partial charge in [-0.15, -0.1) is 0 Å². The van der Waals surface area contributed by atoms with Gasteiger partial charge in [0.2, 0.25) is 0 Å². The van der Waals surface area contributed by atoms with Crippen molar-refractivity contribution in [3.8, 4) is 0 Å². The molecule has 1 aliphatic rings. The molecular formula is C14H25BrN4. The lowest BCUT2D eigenvalue weighted by Gasteiger charge is -2.45. The van der Waals surface area contributed by atoms with Crippen molar-refractivity contribution < 1.29 is 0 Å². The first-order chi connectivity index (χ1) is 8.85. The van der Waals surface area contributed by atoms with Gasteiger partial charge in [-0.05, 0) is 50.5 Å². The van der Waals surface area contributed by atoms with E-state index < -0.39 is 0 Å². The van der Waals surface area contributed by atoms with Crippen molar-refractivity contribution in [3.63, 3.8) is 0 Å². The highest BCUT2D eigenvalue weighted by Crippen LogP contribution is 2.27. The summed E-state index contributed by atoms with van der Waals surface area (Å²) in [7, 11) is 0. The van der Waals surface area contributed by atoms with Crippen molar-refractivity contribution in [2.24, 2.45) is 0 Å². The van der Waals surface area contributed by atoms with Gasteiger partial charge >= 0.3 is 0 Å². The van der Waals surface area contributed by atoms with Gasteiger partial charge in [-0.1, -0.05) is 0 Å². The van der Waals surface area contributed by atoms with Gasteiger partial charge in [-0.3, -0.25) is 9.58 Å². The fraction of sp³-hybridized carbons (Fsp3) is 0.786. The molecule has 1 aromatic heterocycles. The molecule has 0 saturated carbocycles. The first-order valence-electron chi connectivity index (χ1n) is 7.05. The van der Waals surface area contributed by atoms with Crippen LogP contribution in [0.25, 0.3) is 0 Å². The van der Waals surface area contributed by atoms with Crippen LogP contribution in [0.1, 0.15) is 39.1 Å². The number of halogens is 1. The predicted octanol–water partition coefficient (Wildman–Crippen LogP) is 2.55. The Morgan fingerprint density at radius 1 is 1.47 bits per heavy atom. The van der Waals surface area contributed by atoms with Crippen LogP contribution in [-0.2, 0) is 13.1 Å². The third kappa shape index (κ3) is 3.03. The van der Waals surface area contributed by atoms with Gasteiger partial charge in [-0.25, -0.2) is 0 Å². The fourth-order valence-corrected chi connectivity index (χ4v) is 3.07. The number of piperazine rings is 1. The van der Waals surface area contributed by atoms with Gasteiger partial charge in [-0.2, -0.15) is 5.10 Å². The summed E-state index contributed by atoms with van der Waals surface area (Å²) in [5.41, 5.74) is 2.56. The molecule has 1 N–H and O–H groups in total. The van der Waals surface area contributed by atoms with Crippen molar-refractivity contribution >= 4 is 15.9 Å². The van der Waals surface area contributed by atoms with E-state index in [1.807, 2.05) is 0 Å². The van der Waals surface area contributed by atoms with E-state index in [0.717, 1.165) is 36.3 Å². The monoisotopic (exact) mass is 328 g/mol. The maximum Gasteiger partial charge on any atom is 0.0739 e. The third-order valence-corrected chi connectivity index (χ3v) is 5.06. The lowest BCUT2D eigenvalue weighted by molar-refractivity contribution is 0.0599. The average molecular weight is 329 g/mol. The summed E-state index contributed by atoms with van der Waals surface area (Å²) in [5.74, 6) is 0. The van der Waals surface area contributed by atoms with E-state index in [2.05, 4.69) is 70.5 Å². The van der Waals surface area contributed by atoms with Crippen LogP contribution < -0.4 is 5.32 Å². The minimum atomic E-state index is 0.183. The van der Waals surface area contributed by atoms with Crippen LogP contribution in [0.4, 0.5) is 0 Å². The number of aryl methyl sites for hydroxylation is 2. The molecule has 2 rings (SSSR count). The second-order valence-electron chi connectivity index (χ2n) is 6.14. The van der Waals surface area contributed by atoms with Crippen LogP contribution in [0.15, 0.2) is 4.47 Å². The SMILES string of the molecule is CCn1nc(C)c(Br)c1CN1CC(C)NCC1(C)C. The van der Waals surface area contributed by atoms with E-state index in [1.165, 1.54) is 5.69 Å². The molecule has 1 aliphatic heterocycles. The largest absolute Gasteiger partial charge is 0.311 e. The molecule has 4 nitrogen and oxygen atoms in total. The molecule has 0 aliphatic carbocycles. The molecule has 0 spiro atoms. The summed E-state index contributed by atoms with van der Waals surface area (Å²) in [6.07, 6.45) is 0. The summed E-state index contributed by atoms with van der Waals surface area (Å²) in [4.78, 5) is 2.56. The molecule has 1 saturated heterocycles. The molecule has 1 unspecified atom stereocenters. The first-order valence-corrected chi connectivity index (χ1v) is 7.84. The smallest absolute Gasteiger partial charge is 0.0739 e. The van der Waals surface area contributed by atoms with E-state index >= 15 is 0 Å². The van der Waals surface area contributed by atoms with Crippen LogP contribution in [0, 0.1) is 6.92 Å². The number of rotatable bonds is 3. The molecular weight excluding hydrogens is 304 g/mol. The number of hydrogen-bond donors (Lipinski definition) is 1. The highest BCUT2D eigenvalue weighted by molar-refractivity contribution is 9.10. The molecule has 5 heteroatoms. The quantitative estimate of drug-likeness (QED) is 0.925. The molecule has 2 heterocycles. The predicted molar refractivity (Wildman–Crippen MR) is 82.3 cm³/mol. The van der Waals surface area contributed by atoms with Gasteiger partial charge in [0.05, 0.1) is 15.9 Å². The van der Waals surface area contributed by atoms with Gasteiger partial charge in [0.15, 0.2) is 0 Å². The Morgan fingerprint density at radius 3 is 2.79 bits per heavy atom. The van der Waals surface area contributed by atoms with Gasteiger partial charge in [0, 0.05) is 37.8 Å². The zero-order valence-corrected chi connectivity index (χ0v) is 14.2. The Bertz CT molecular complexity index is 453. The maximum absolute atomic E-state index is 4.59. The molecule has 0 radical (unpaired) electrons. The molecule has 1 atom stereocenters. The van der Waals surface area contributed by atoms with Crippen LogP contribution in [0.2, 0.25) is 0 Å². The van der Waals surface area contributed by atoms with Crippen LogP contribution >= 0.6 is 15.9 Å². The van der Waals surface area contributed by atoms with E-state index in [-0.39, 0.29) is 5.54 Å². The first kappa shape index (κ1) is 15.0. The van der Waals surface area contributed by atoms with Crippen molar-refractivity contribution in [1.82, 2.24) is 20.0 Å². The summed E-state index contributed by atoms with van der Waals surface area (Å²) < 4.78 is 3.28. The lowest BCUT2D eigenvalue weighted by atomic mass is 9.97. The summed E-state index contributed by atoms with van der Waals surface area (Å²) in [5, 5.41) is 8.15. The molecule has 1 aromatic rings. The third-order valence-electron chi connectivity index (χ3n) is 4.03. The molecule has 0 amide bonds. The summed E-state index contributed by atoms with van der Waals surface area (Å²) >= 11 is 3.70. The van der Waals surface area contributed by atoms with E-state index in [4.69, 9.17) is 0 Å². The maximum atomic E-state index is 4.59. The molecule has 1 fully saturated rings. The van der Waals surface area contributed by atoms with Crippen molar-refractivity contribution in [1.29, 1.82) is 0 Å². The van der Waals surface area contributed by atoms with Crippen molar-refractivity contribution in [3.05, 3.63) is 15.9 Å². The Balaban J connectivity index is 2.24. The molecule has 0 aromatic carbocycles. The fourth-order valence-electron chi connectivity index (χ4n) is 2.66. The Hall–Kier alpha value is -0.390. The van der Waals surface area contributed by atoms with Gasteiger partial charge in [0.1, 0.15) is 0 Å². The van der Waals surface area contributed by atoms with E-state index in [0.29, 0.717) is 6.04 Å². The second-order valence-corrected chi connectivity index (χ2v) is 6.93. The number of nitrogens with one attached hydrogen (secondary N) is 1. The van der Waals surface area contributed by atoms with Gasteiger partial charge < -0.3 is 5.32 Å². The van der Waals surface area contributed by atoms with Crippen molar-refractivity contribution in [2.75, 3.05) is 13.1 Å². The van der Waals surface area contributed by atoms with Crippen LogP contribution in [0.5, 0.6) is 0 Å². The minimum Gasteiger partial charge on any atom is -0.311 e. The average Bonchev–Trinajstić information content (AvgIpc) is 2.62. The summed E-state index contributed by atoms with van der Waals surface area (Å²) in [6, 6.07) is 0.547. The molecule has 0 bridgehead atoms. The normalized spacial score (nSPS) is 23.8. The van der Waals surface area contributed by atoms with Crippen LogP contribution in [-0.4, -0.2) is 39.4 Å². The zero-order chi connectivity index (χ0) is 14.2. The van der Waals surface area contributed by atoms with Gasteiger partial charge in [0.25, 0.3) is 0 Å². The zero-order valence-electron chi connectivity index (χ0n) is 12.6. The minimum absolute atomic E-state index is 0.183. The Kier molecular flexibility index (Phi) is 4.38. The number of hydrogen-bond acceptors (Lipinski definition) is 3. The lowest BCUT2D eigenvalue weighted by Crippen LogP contribution is -2.60. The van der Waals surface area contributed by atoms with E-state index in [1.54, 1.807) is 0 Å². The Morgan fingerprint density at radius 2 is 2.16 bits per heavy atom. The molecule has 108 valence electrons. The number of nitrogens with zero attached hydrogens (tertiary/aromatic N) is 3. The highest BCUT2D eigenvalue weighted by atomic mass is 79.9. The topological polar surface area (TPSA) is 33.1 Å².